The molecule has 0 spiro atoms. The van der Waals surface area contributed by atoms with Crippen LogP contribution in [0.4, 0.5) is 15.8 Å². The van der Waals surface area contributed by atoms with Crippen LogP contribution in [-0.2, 0) is 21.2 Å². The van der Waals surface area contributed by atoms with Gasteiger partial charge in [-0.05, 0) is 55.2 Å². The Hall–Kier alpha value is -2.41. The predicted molar refractivity (Wildman–Crippen MR) is 100 cm³/mol. The molecule has 0 fully saturated rings. The van der Waals surface area contributed by atoms with Crippen LogP contribution in [0.1, 0.15) is 17.5 Å². The lowest BCUT2D eigenvalue weighted by molar-refractivity contribution is -0.117. The number of para-hydroxylation sites is 1. The van der Waals surface area contributed by atoms with Gasteiger partial charge in [-0.2, -0.15) is 0 Å². The molecule has 5 nitrogen and oxygen atoms in total. The number of rotatable bonds is 4. The summed E-state index contributed by atoms with van der Waals surface area (Å²) in [4.78, 5) is 14.5. The van der Waals surface area contributed by atoms with E-state index < -0.39 is 10.0 Å². The first kappa shape index (κ1) is 18.4. The average molecular weight is 376 g/mol. The summed E-state index contributed by atoms with van der Waals surface area (Å²) in [7, 11) is -3.63. The number of nitrogens with zero attached hydrogens (tertiary/aromatic N) is 2. The normalized spacial score (nSPS) is 14.0. The molecule has 0 saturated carbocycles. The molecular weight excluding hydrogens is 355 g/mol. The van der Waals surface area contributed by atoms with E-state index in [1.165, 1.54) is 12.1 Å². The van der Waals surface area contributed by atoms with Gasteiger partial charge in [-0.3, -0.25) is 9.10 Å². The summed E-state index contributed by atoms with van der Waals surface area (Å²) in [5, 5.41) is 0. The highest BCUT2D eigenvalue weighted by molar-refractivity contribution is 7.92. The van der Waals surface area contributed by atoms with Gasteiger partial charge < -0.3 is 4.90 Å². The third-order valence-corrected chi connectivity index (χ3v) is 5.65. The number of sulfonamides is 1. The van der Waals surface area contributed by atoms with Gasteiger partial charge in [0, 0.05) is 12.2 Å². The zero-order chi connectivity index (χ0) is 18.9. The Morgan fingerprint density at radius 3 is 2.65 bits per heavy atom. The minimum Gasteiger partial charge on any atom is -0.311 e. The minimum absolute atomic E-state index is 0.291. The smallest absolute Gasteiger partial charge is 0.247 e. The van der Waals surface area contributed by atoms with Crippen LogP contribution in [0.25, 0.3) is 0 Å². The summed E-state index contributed by atoms with van der Waals surface area (Å²) in [6.07, 6.45) is 2.50. The van der Waals surface area contributed by atoms with E-state index in [-0.39, 0.29) is 18.3 Å². The van der Waals surface area contributed by atoms with Crippen molar-refractivity contribution in [2.45, 2.75) is 19.8 Å². The standard InChI is InChI=1S/C19H21FN2O3S/c1-14-6-3-4-8-17(14)22(26(2,24)25)13-19(23)21-11-5-7-15-12-16(20)9-10-18(15)21/h3-4,6,8-10,12H,5,7,11,13H2,1-2H3. The molecule has 1 heterocycles. The maximum Gasteiger partial charge on any atom is 0.247 e. The molecule has 26 heavy (non-hydrogen) atoms. The Balaban J connectivity index is 1.92. The van der Waals surface area contributed by atoms with Crippen LogP contribution in [0.5, 0.6) is 0 Å². The molecule has 0 atom stereocenters. The number of fused-ring (bicyclic) bond motifs is 1. The van der Waals surface area contributed by atoms with Gasteiger partial charge in [0.2, 0.25) is 15.9 Å². The van der Waals surface area contributed by atoms with Gasteiger partial charge in [0.15, 0.2) is 0 Å². The van der Waals surface area contributed by atoms with E-state index in [1.54, 1.807) is 36.1 Å². The fourth-order valence-electron chi connectivity index (χ4n) is 3.26. The van der Waals surface area contributed by atoms with Crippen LogP contribution in [-0.4, -0.2) is 33.7 Å². The van der Waals surface area contributed by atoms with Crippen LogP contribution in [0.15, 0.2) is 42.5 Å². The lowest BCUT2D eigenvalue weighted by atomic mass is 10.0. The second-order valence-electron chi connectivity index (χ2n) is 6.48. The van der Waals surface area contributed by atoms with Crippen molar-refractivity contribution in [2.75, 3.05) is 28.6 Å². The Morgan fingerprint density at radius 1 is 1.23 bits per heavy atom. The average Bonchev–Trinajstić information content (AvgIpc) is 2.58. The molecule has 0 aliphatic carbocycles. The topological polar surface area (TPSA) is 57.7 Å². The quantitative estimate of drug-likeness (QED) is 0.824. The second-order valence-corrected chi connectivity index (χ2v) is 8.38. The van der Waals surface area contributed by atoms with Gasteiger partial charge in [0.05, 0.1) is 11.9 Å². The lowest BCUT2D eigenvalue weighted by Gasteiger charge is -2.32. The number of carbonyl (C=O) groups excluding carboxylic acids is 1. The lowest BCUT2D eigenvalue weighted by Crippen LogP contribution is -2.44. The highest BCUT2D eigenvalue weighted by Gasteiger charge is 2.28. The van der Waals surface area contributed by atoms with Crippen molar-refractivity contribution in [3.63, 3.8) is 0 Å². The first-order chi connectivity index (χ1) is 12.3. The number of carbonyl (C=O) groups is 1. The zero-order valence-electron chi connectivity index (χ0n) is 14.8. The van der Waals surface area contributed by atoms with Crippen LogP contribution in [0.2, 0.25) is 0 Å². The number of halogens is 1. The van der Waals surface area contributed by atoms with Crippen LogP contribution in [0.3, 0.4) is 0 Å². The molecule has 138 valence electrons. The van der Waals surface area contributed by atoms with Crippen molar-refractivity contribution in [3.05, 3.63) is 59.4 Å². The molecule has 2 aromatic rings. The summed E-state index contributed by atoms with van der Waals surface area (Å²) in [5.74, 6) is -0.665. The van der Waals surface area contributed by atoms with Gasteiger partial charge in [-0.25, -0.2) is 12.8 Å². The summed E-state index contributed by atoms with van der Waals surface area (Å²) in [6.45, 7) is 2.00. The summed E-state index contributed by atoms with van der Waals surface area (Å²) >= 11 is 0. The fraction of sp³-hybridized carbons (Fsp3) is 0.316. The van der Waals surface area contributed by atoms with Crippen molar-refractivity contribution < 1.29 is 17.6 Å². The third kappa shape index (κ3) is 3.72. The molecule has 0 radical (unpaired) electrons. The molecule has 3 rings (SSSR count). The van der Waals surface area contributed by atoms with Crippen LogP contribution < -0.4 is 9.21 Å². The number of anilines is 2. The summed E-state index contributed by atoms with van der Waals surface area (Å²) < 4.78 is 39.2. The second kappa shape index (κ2) is 7.07. The van der Waals surface area contributed by atoms with Crippen molar-refractivity contribution in [1.29, 1.82) is 0 Å². The molecular formula is C19H21FN2O3S. The van der Waals surface area contributed by atoms with Crippen molar-refractivity contribution >= 4 is 27.3 Å². The molecule has 0 bridgehead atoms. The largest absolute Gasteiger partial charge is 0.311 e. The zero-order valence-corrected chi connectivity index (χ0v) is 15.6. The fourth-order valence-corrected chi connectivity index (χ4v) is 4.16. The number of hydrogen-bond donors (Lipinski definition) is 0. The van der Waals surface area contributed by atoms with Crippen molar-refractivity contribution in [1.82, 2.24) is 0 Å². The van der Waals surface area contributed by atoms with Crippen LogP contribution >= 0.6 is 0 Å². The summed E-state index contributed by atoms with van der Waals surface area (Å²) in [6, 6.07) is 11.4. The molecule has 0 N–H and O–H groups in total. The highest BCUT2D eigenvalue weighted by Crippen LogP contribution is 2.29. The van der Waals surface area contributed by atoms with E-state index in [1.807, 2.05) is 6.07 Å². The SMILES string of the molecule is Cc1ccccc1N(CC(=O)N1CCCc2cc(F)ccc21)S(C)(=O)=O. The van der Waals surface area contributed by atoms with E-state index in [0.717, 1.165) is 21.7 Å². The molecule has 7 heteroatoms. The van der Waals surface area contributed by atoms with Crippen molar-refractivity contribution in [2.24, 2.45) is 0 Å². The Morgan fingerprint density at radius 2 is 1.96 bits per heavy atom. The Kier molecular flexibility index (Phi) is 5.00. The van der Waals surface area contributed by atoms with Gasteiger partial charge in [0.1, 0.15) is 12.4 Å². The minimum atomic E-state index is -3.63. The van der Waals surface area contributed by atoms with E-state index in [4.69, 9.17) is 0 Å². The molecule has 0 saturated heterocycles. The Labute approximate surface area is 153 Å². The molecule has 0 aromatic heterocycles. The van der Waals surface area contributed by atoms with Gasteiger partial charge in [-0.15, -0.1) is 0 Å². The molecule has 0 unspecified atom stereocenters. The molecule has 1 amide bonds. The van der Waals surface area contributed by atoms with Gasteiger partial charge in [0.25, 0.3) is 0 Å². The first-order valence-electron chi connectivity index (χ1n) is 8.39. The molecule has 1 aliphatic heterocycles. The number of aryl methyl sites for hydroxylation is 2. The maximum atomic E-state index is 13.5. The van der Waals surface area contributed by atoms with E-state index in [9.17, 15) is 17.6 Å². The maximum absolute atomic E-state index is 13.5. The van der Waals surface area contributed by atoms with Gasteiger partial charge in [-0.1, -0.05) is 18.2 Å². The molecule has 1 aliphatic rings. The summed E-state index contributed by atoms with van der Waals surface area (Å²) in [5.41, 5.74) is 2.68. The number of benzene rings is 2. The monoisotopic (exact) mass is 376 g/mol. The van der Waals surface area contributed by atoms with E-state index in [0.29, 0.717) is 30.8 Å². The van der Waals surface area contributed by atoms with E-state index >= 15 is 0 Å². The highest BCUT2D eigenvalue weighted by atomic mass is 32.2. The number of hydrogen-bond acceptors (Lipinski definition) is 3. The van der Waals surface area contributed by atoms with Crippen molar-refractivity contribution in [3.8, 4) is 0 Å². The first-order valence-corrected chi connectivity index (χ1v) is 10.2. The van der Waals surface area contributed by atoms with Gasteiger partial charge >= 0.3 is 0 Å². The van der Waals surface area contributed by atoms with Crippen LogP contribution in [0, 0.1) is 12.7 Å². The molecule has 2 aromatic carbocycles. The predicted octanol–water partition coefficient (Wildman–Crippen LogP) is 2.88. The Bertz CT molecular complexity index is 944. The number of amides is 1. The van der Waals surface area contributed by atoms with E-state index in [2.05, 4.69) is 0 Å². The third-order valence-electron chi connectivity index (χ3n) is 4.52.